The maximum atomic E-state index is 13.2. The fourth-order valence-electron chi connectivity index (χ4n) is 3.59. The average Bonchev–Trinajstić information content (AvgIpc) is 2.73. The second-order valence-electron chi connectivity index (χ2n) is 7.38. The molecule has 0 aliphatic rings. The summed E-state index contributed by atoms with van der Waals surface area (Å²) in [5.41, 5.74) is 23.4. The maximum Gasteiger partial charge on any atom is 0.225 e. The van der Waals surface area contributed by atoms with Crippen molar-refractivity contribution in [1.82, 2.24) is 19.9 Å². The highest BCUT2D eigenvalue weighted by molar-refractivity contribution is 5.77. The van der Waals surface area contributed by atoms with E-state index in [9.17, 15) is 4.39 Å². The van der Waals surface area contributed by atoms with E-state index >= 15 is 0 Å². The molecule has 0 fully saturated rings. The van der Waals surface area contributed by atoms with E-state index < -0.39 is 0 Å². The number of nitrogens with one attached hydrogen (secondary N) is 1. The minimum atomic E-state index is -0.308. The van der Waals surface area contributed by atoms with Crippen molar-refractivity contribution in [2.24, 2.45) is 0 Å². The van der Waals surface area contributed by atoms with Crippen LogP contribution in [0.4, 0.5) is 27.9 Å². The molecule has 2 heterocycles. The Hall–Kier alpha value is -4.27. The number of nitrogen functional groups attached to an aromatic ring is 3. The van der Waals surface area contributed by atoms with E-state index in [2.05, 4.69) is 25.3 Å². The molecule has 0 saturated carbocycles. The van der Waals surface area contributed by atoms with Crippen molar-refractivity contribution in [3.05, 3.63) is 71.3 Å². The predicted octanol–water partition coefficient (Wildman–Crippen LogP) is 3.72. The Morgan fingerprint density at radius 1 is 0.719 bits per heavy atom. The van der Waals surface area contributed by atoms with Crippen LogP contribution in [-0.4, -0.2) is 19.9 Å². The molecule has 0 atom stereocenters. The van der Waals surface area contributed by atoms with E-state index in [1.54, 1.807) is 12.1 Å². The summed E-state index contributed by atoms with van der Waals surface area (Å²) in [6.45, 7) is 4.19. The zero-order chi connectivity index (χ0) is 22.8. The van der Waals surface area contributed by atoms with Gasteiger partial charge in [0.2, 0.25) is 11.9 Å². The number of nitrogens with two attached hydrogens (primary N) is 3. The molecule has 0 spiro atoms. The molecule has 4 rings (SSSR count). The highest BCUT2D eigenvalue weighted by atomic mass is 19.1. The van der Waals surface area contributed by atoms with Crippen molar-refractivity contribution in [3.63, 3.8) is 0 Å². The molecule has 32 heavy (non-hydrogen) atoms. The molecule has 0 amide bonds. The topological polar surface area (TPSA) is 142 Å². The first-order chi connectivity index (χ1) is 15.3. The van der Waals surface area contributed by atoms with Gasteiger partial charge in [0.05, 0.1) is 11.4 Å². The van der Waals surface area contributed by atoms with Crippen molar-refractivity contribution in [2.45, 2.75) is 20.4 Å². The predicted molar refractivity (Wildman–Crippen MR) is 125 cm³/mol. The van der Waals surface area contributed by atoms with Crippen molar-refractivity contribution in [2.75, 3.05) is 22.5 Å². The molecule has 0 radical (unpaired) electrons. The van der Waals surface area contributed by atoms with Gasteiger partial charge in [-0.1, -0.05) is 36.4 Å². The summed E-state index contributed by atoms with van der Waals surface area (Å²) in [5, 5.41) is 3.19. The van der Waals surface area contributed by atoms with E-state index in [0.717, 1.165) is 27.9 Å². The van der Waals surface area contributed by atoms with E-state index in [1.807, 2.05) is 38.1 Å². The SMILES string of the molecule is Cc1nc(N)nc(N)c1-c1ccc(CNc2nc(C)c(-c3ccc(F)cc3)c(N)n2)cc1. The molecular formula is C23H23FN8. The monoisotopic (exact) mass is 430 g/mol. The number of rotatable bonds is 5. The van der Waals surface area contributed by atoms with E-state index in [1.165, 1.54) is 12.1 Å². The minimum absolute atomic E-state index is 0.157. The van der Waals surface area contributed by atoms with Gasteiger partial charge in [-0.15, -0.1) is 0 Å². The number of hydrogen-bond donors (Lipinski definition) is 4. The van der Waals surface area contributed by atoms with Crippen LogP contribution in [0.25, 0.3) is 22.3 Å². The van der Waals surface area contributed by atoms with Gasteiger partial charge >= 0.3 is 0 Å². The Balaban J connectivity index is 1.50. The Bertz CT molecular complexity index is 1220. The van der Waals surface area contributed by atoms with Crippen LogP contribution in [0.5, 0.6) is 0 Å². The van der Waals surface area contributed by atoms with Gasteiger partial charge in [0, 0.05) is 17.7 Å². The summed E-state index contributed by atoms with van der Waals surface area (Å²) in [4.78, 5) is 17.1. The summed E-state index contributed by atoms with van der Waals surface area (Å²) in [5.74, 6) is 0.946. The first-order valence-electron chi connectivity index (χ1n) is 9.94. The standard InChI is InChI=1S/C23H23FN8/c1-12-18(20(25)31-22(27)29-12)15-5-3-14(4-6-15)11-28-23-30-13(2)19(21(26)32-23)16-7-9-17(24)10-8-16/h3-10H,11H2,1-2H3,(H4,25,27,29,31)(H3,26,28,30,32). The van der Waals surface area contributed by atoms with Gasteiger partial charge in [0.1, 0.15) is 17.5 Å². The third kappa shape index (κ3) is 4.27. The lowest BCUT2D eigenvalue weighted by molar-refractivity contribution is 0.628. The Morgan fingerprint density at radius 2 is 1.25 bits per heavy atom. The Labute approximate surface area is 184 Å². The molecule has 0 aliphatic heterocycles. The highest BCUT2D eigenvalue weighted by Crippen LogP contribution is 2.29. The van der Waals surface area contributed by atoms with E-state index in [-0.39, 0.29) is 11.8 Å². The van der Waals surface area contributed by atoms with Gasteiger partial charge in [-0.05, 0) is 42.7 Å². The van der Waals surface area contributed by atoms with Gasteiger partial charge < -0.3 is 22.5 Å². The first kappa shape index (κ1) is 21.0. The van der Waals surface area contributed by atoms with Crippen molar-refractivity contribution in [1.29, 1.82) is 0 Å². The molecule has 2 aromatic heterocycles. The second-order valence-corrected chi connectivity index (χ2v) is 7.38. The first-order valence-corrected chi connectivity index (χ1v) is 9.94. The van der Waals surface area contributed by atoms with Crippen LogP contribution in [-0.2, 0) is 6.54 Å². The number of halogens is 1. The summed E-state index contributed by atoms with van der Waals surface area (Å²) in [6, 6.07) is 13.9. The number of benzene rings is 2. The van der Waals surface area contributed by atoms with Crippen molar-refractivity contribution >= 4 is 23.5 Å². The van der Waals surface area contributed by atoms with Crippen molar-refractivity contribution in [3.8, 4) is 22.3 Å². The van der Waals surface area contributed by atoms with Gasteiger partial charge in [0.15, 0.2) is 0 Å². The quantitative estimate of drug-likeness (QED) is 0.375. The molecule has 2 aromatic carbocycles. The maximum absolute atomic E-state index is 13.2. The van der Waals surface area contributed by atoms with Gasteiger partial charge in [-0.25, -0.2) is 14.4 Å². The lowest BCUT2D eigenvalue weighted by atomic mass is 10.0. The largest absolute Gasteiger partial charge is 0.383 e. The van der Waals surface area contributed by atoms with Gasteiger partial charge in [-0.3, -0.25) is 0 Å². The Morgan fingerprint density at radius 3 is 1.81 bits per heavy atom. The van der Waals surface area contributed by atoms with Crippen LogP contribution in [0.3, 0.4) is 0 Å². The van der Waals surface area contributed by atoms with Crippen LogP contribution < -0.4 is 22.5 Å². The average molecular weight is 430 g/mol. The molecule has 0 saturated heterocycles. The number of anilines is 4. The van der Waals surface area contributed by atoms with Gasteiger partial charge in [-0.2, -0.15) is 9.97 Å². The molecule has 0 unspecified atom stereocenters. The fourth-order valence-corrected chi connectivity index (χ4v) is 3.59. The molecule has 0 aliphatic carbocycles. The number of aryl methyl sites for hydroxylation is 2. The summed E-state index contributed by atoms with van der Waals surface area (Å²) in [7, 11) is 0. The molecule has 162 valence electrons. The smallest absolute Gasteiger partial charge is 0.225 e. The molecule has 0 bridgehead atoms. The zero-order valence-corrected chi connectivity index (χ0v) is 17.7. The lowest BCUT2D eigenvalue weighted by Crippen LogP contribution is -2.08. The number of hydrogen-bond acceptors (Lipinski definition) is 8. The second kappa shape index (κ2) is 8.46. The summed E-state index contributed by atoms with van der Waals surface area (Å²) >= 11 is 0. The number of nitrogens with zero attached hydrogens (tertiary/aromatic N) is 4. The van der Waals surface area contributed by atoms with Crippen LogP contribution in [0.15, 0.2) is 48.5 Å². The Kier molecular flexibility index (Phi) is 5.55. The highest BCUT2D eigenvalue weighted by Gasteiger charge is 2.13. The van der Waals surface area contributed by atoms with E-state index in [0.29, 0.717) is 35.4 Å². The zero-order valence-electron chi connectivity index (χ0n) is 17.7. The van der Waals surface area contributed by atoms with E-state index in [4.69, 9.17) is 17.2 Å². The lowest BCUT2D eigenvalue weighted by Gasteiger charge is -2.13. The van der Waals surface area contributed by atoms with Gasteiger partial charge in [0.25, 0.3) is 0 Å². The molecule has 7 N–H and O–H groups in total. The third-order valence-corrected chi connectivity index (χ3v) is 5.08. The van der Waals surface area contributed by atoms with Crippen LogP contribution >= 0.6 is 0 Å². The minimum Gasteiger partial charge on any atom is -0.383 e. The molecule has 4 aromatic rings. The van der Waals surface area contributed by atoms with Crippen LogP contribution in [0.2, 0.25) is 0 Å². The summed E-state index contributed by atoms with van der Waals surface area (Å²) < 4.78 is 13.2. The number of aromatic nitrogens is 4. The summed E-state index contributed by atoms with van der Waals surface area (Å²) in [6.07, 6.45) is 0. The normalized spacial score (nSPS) is 10.8. The van der Waals surface area contributed by atoms with Crippen LogP contribution in [0.1, 0.15) is 17.0 Å². The third-order valence-electron chi connectivity index (χ3n) is 5.08. The van der Waals surface area contributed by atoms with Crippen molar-refractivity contribution < 1.29 is 4.39 Å². The fraction of sp³-hybridized carbons (Fsp3) is 0.130. The molecule has 9 heteroatoms. The molecular weight excluding hydrogens is 407 g/mol. The molecule has 8 nitrogen and oxygen atoms in total. The van der Waals surface area contributed by atoms with Crippen LogP contribution in [0, 0.1) is 19.7 Å².